The van der Waals surface area contributed by atoms with Crippen molar-refractivity contribution < 1.29 is 29.2 Å². The fourth-order valence-corrected chi connectivity index (χ4v) is 4.08. The Balaban J connectivity index is 2.05. The fraction of sp³-hybridized carbons (Fsp3) is 0.364. The SMILES string of the molecule is O=C(COCCO)c1cc2c(ncn2CCC(O)CO)c(F)c1Cc1ccc(Br)cc1Cl. The second kappa shape index (κ2) is 11.3. The van der Waals surface area contributed by atoms with E-state index in [4.69, 9.17) is 26.6 Å². The molecule has 1 aromatic heterocycles. The number of hydrogen-bond donors (Lipinski definition) is 3. The smallest absolute Gasteiger partial charge is 0.188 e. The van der Waals surface area contributed by atoms with Gasteiger partial charge in [0.25, 0.3) is 0 Å². The van der Waals surface area contributed by atoms with Crippen molar-refractivity contribution in [2.24, 2.45) is 0 Å². The van der Waals surface area contributed by atoms with Gasteiger partial charge in [0.05, 0.1) is 37.8 Å². The Labute approximate surface area is 197 Å². The first-order valence-electron chi connectivity index (χ1n) is 9.96. The summed E-state index contributed by atoms with van der Waals surface area (Å²) >= 11 is 9.66. The number of rotatable bonds is 11. The highest BCUT2D eigenvalue weighted by molar-refractivity contribution is 9.10. The molecule has 0 aliphatic heterocycles. The zero-order valence-corrected chi connectivity index (χ0v) is 19.4. The maximum absolute atomic E-state index is 15.6. The average Bonchev–Trinajstić information content (AvgIpc) is 3.18. The predicted octanol–water partition coefficient (Wildman–Crippen LogP) is 3.12. The van der Waals surface area contributed by atoms with E-state index in [9.17, 15) is 9.90 Å². The van der Waals surface area contributed by atoms with Crippen LogP contribution in [0.15, 0.2) is 35.1 Å². The molecule has 0 spiro atoms. The minimum atomic E-state index is -0.913. The quantitative estimate of drug-likeness (QED) is 0.260. The van der Waals surface area contributed by atoms with E-state index in [1.807, 2.05) is 0 Å². The second-order valence-electron chi connectivity index (χ2n) is 7.26. The van der Waals surface area contributed by atoms with Crippen molar-refractivity contribution in [2.75, 3.05) is 26.4 Å². The third-order valence-electron chi connectivity index (χ3n) is 5.02. The van der Waals surface area contributed by atoms with Gasteiger partial charge >= 0.3 is 0 Å². The molecule has 0 aliphatic carbocycles. The Morgan fingerprint density at radius 1 is 1.31 bits per heavy atom. The van der Waals surface area contributed by atoms with E-state index in [1.165, 1.54) is 6.33 Å². The van der Waals surface area contributed by atoms with Gasteiger partial charge in [0.15, 0.2) is 11.6 Å². The molecule has 32 heavy (non-hydrogen) atoms. The molecule has 2 aromatic carbocycles. The van der Waals surface area contributed by atoms with Crippen molar-refractivity contribution in [3.63, 3.8) is 0 Å². The van der Waals surface area contributed by atoms with Gasteiger partial charge in [-0.1, -0.05) is 33.6 Å². The highest BCUT2D eigenvalue weighted by Crippen LogP contribution is 2.30. The number of aliphatic hydroxyl groups is 3. The Morgan fingerprint density at radius 2 is 2.09 bits per heavy atom. The number of carbonyl (C=O) groups excluding carboxylic acids is 1. The summed E-state index contributed by atoms with van der Waals surface area (Å²) in [5, 5.41) is 28.0. The molecule has 1 heterocycles. The van der Waals surface area contributed by atoms with Crippen LogP contribution in [0.3, 0.4) is 0 Å². The number of aryl methyl sites for hydroxylation is 1. The molecule has 0 radical (unpaired) electrons. The number of Topliss-reactive ketones (excluding diaryl/α,β-unsaturated/α-hetero) is 1. The second-order valence-corrected chi connectivity index (χ2v) is 8.58. The number of aliphatic hydroxyl groups excluding tert-OH is 3. The third-order valence-corrected chi connectivity index (χ3v) is 5.87. The molecule has 0 saturated heterocycles. The van der Waals surface area contributed by atoms with E-state index < -0.39 is 17.7 Å². The Hall–Kier alpha value is -1.88. The summed E-state index contributed by atoms with van der Waals surface area (Å²) in [7, 11) is 0. The molecule has 0 bridgehead atoms. The Kier molecular flexibility index (Phi) is 8.75. The van der Waals surface area contributed by atoms with Crippen LogP contribution in [0.2, 0.25) is 5.02 Å². The lowest BCUT2D eigenvalue weighted by atomic mass is 9.95. The maximum Gasteiger partial charge on any atom is 0.188 e. The molecule has 3 N–H and O–H groups in total. The highest BCUT2D eigenvalue weighted by Gasteiger charge is 2.22. The standard InChI is InChI=1S/C22H23BrClFN2O5/c23-14-2-1-13(18(24)8-14)7-17-16(20(31)11-32-6-5-28)9-19-22(21(17)25)26-12-27(19)4-3-15(30)10-29/h1-2,8-9,12,15,28-30H,3-7,10-11H2. The zero-order valence-electron chi connectivity index (χ0n) is 17.1. The molecule has 0 fully saturated rings. The Morgan fingerprint density at radius 3 is 2.78 bits per heavy atom. The van der Waals surface area contributed by atoms with Crippen molar-refractivity contribution in [1.82, 2.24) is 9.55 Å². The van der Waals surface area contributed by atoms with Crippen LogP contribution in [0.1, 0.15) is 27.9 Å². The normalized spacial score (nSPS) is 12.4. The van der Waals surface area contributed by atoms with Gasteiger partial charge in [-0.05, 0) is 30.2 Å². The highest BCUT2D eigenvalue weighted by atomic mass is 79.9. The predicted molar refractivity (Wildman–Crippen MR) is 122 cm³/mol. The number of imidazole rings is 1. The summed E-state index contributed by atoms with van der Waals surface area (Å²) in [4.78, 5) is 17.1. The molecule has 7 nitrogen and oxygen atoms in total. The minimum Gasteiger partial charge on any atom is -0.394 e. The minimum absolute atomic E-state index is 0.0126. The van der Waals surface area contributed by atoms with Crippen molar-refractivity contribution in [2.45, 2.75) is 25.5 Å². The molecule has 0 aliphatic rings. The van der Waals surface area contributed by atoms with Gasteiger partial charge in [-0.25, -0.2) is 9.37 Å². The average molecular weight is 530 g/mol. The van der Waals surface area contributed by atoms with E-state index in [2.05, 4.69) is 20.9 Å². The number of benzene rings is 2. The largest absolute Gasteiger partial charge is 0.394 e. The van der Waals surface area contributed by atoms with Gasteiger partial charge in [-0.15, -0.1) is 0 Å². The topological polar surface area (TPSA) is 105 Å². The van der Waals surface area contributed by atoms with E-state index in [1.54, 1.807) is 28.8 Å². The molecule has 172 valence electrons. The van der Waals surface area contributed by atoms with Gasteiger partial charge in [0, 0.05) is 33.6 Å². The van der Waals surface area contributed by atoms with Crippen LogP contribution in [0.25, 0.3) is 11.0 Å². The summed E-state index contributed by atoms with van der Waals surface area (Å²) in [6, 6.07) is 6.79. The molecular weight excluding hydrogens is 507 g/mol. The molecule has 0 saturated carbocycles. The van der Waals surface area contributed by atoms with Crippen LogP contribution in [-0.4, -0.2) is 63.2 Å². The number of aromatic nitrogens is 2. The van der Waals surface area contributed by atoms with Gasteiger partial charge in [-0.2, -0.15) is 0 Å². The van der Waals surface area contributed by atoms with Crippen LogP contribution in [0, 0.1) is 5.82 Å². The zero-order chi connectivity index (χ0) is 23.3. The lowest BCUT2D eigenvalue weighted by Gasteiger charge is -2.14. The molecular formula is C22H23BrClFN2O5. The van der Waals surface area contributed by atoms with Crippen LogP contribution in [0.4, 0.5) is 4.39 Å². The summed E-state index contributed by atoms with van der Waals surface area (Å²) in [5.74, 6) is -1.07. The van der Waals surface area contributed by atoms with Crippen LogP contribution in [-0.2, 0) is 17.7 Å². The first kappa shape index (κ1) is 24.8. The van der Waals surface area contributed by atoms with Gasteiger partial charge in [0.2, 0.25) is 0 Å². The number of halogens is 3. The maximum atomic E-state index is 15.6. The van der Waals surface area contributed by atoms with E-state index in [-0.39, 0.29) is 62.5 Å². The van der Waals surface area contributed by atoms with E-state index >= 15 is 4.39 Å². The molecule has 0 amide bonds. The first-order valence-corrected chi connectivity index (χ1v) is 11.1. The van der Waals surface area contributed by atoms with Crippen molar-refractivity contribution >= 4 is 44.3 Å². The Bertz CT molecular complexity index is 1110. The molecule has 10 heteroatoms. The van der Waals surface area contributed by atoms with E-state index in [0.717, 1.165) is 4.47 Å². The van der Waals surface area contributed by atoms with Crippen molar-refractivity contribution in [3.8, 4) is 0 Å². The van der Waals surface area contributed by atoms with Gasteiger partial charge < -0.3 is 24.6 Å². The van der Waals surface area contributed by atoms with E-state index in [0.29, 0.717) is 16.1 Å². The lowest BCUT2D eigenvalue weighted by Crippen LogP contribution is -2.16. The number of hydrogen-bond acceptors (Lipinski definition) is 6. The molecule has 1 unspecified atom stereocenters. The first-order chi connectivity index (χ1) is 15.3. The summed E-state index contributed by atoms with van der Waals surface area (Å²) in [6.07, 6.45) is 0.836. The molecule has 3 aromatic rings. The number of nitrogens with zero attached hydrogens (tertiary/aromatic N) is 2. The summed E-state index contributed by atoms with van der Waals surface area (Å²) in [6.45, 7) is -0.664. The third kappa shape index (κ3) is 5.72. The summed E-state index contributed by atoms with van der Waals surface area (Å²) in [5.41, 5.74) is 1.42. The monoisotopic (exact) mass is 528 g/mol. The van der Waals surface area contributed by atoms with Gasteiger partial charge in [-0.3, -0.25) is 4.79 Å². The number of carbonyl (C=O) groups is 1. The number of fused-ring (bicyclic) bond motifs is 1. The number of ketones is 1. The fourth-order valence-electron chi connectivity index (χ4n) is 3.34. The van der Waals surface area contributed by atoms with Crippen molar-refractivity contribution in [3.05, 3.63) is 62.6 Å². The van der Waals surface area contributed by atoms with Crippen LogP contribution >= 0.6 is 27.5 Å². The van der Waals surface area contributed by atoms with Crippen LogP contribution in [0.5, 0.6) is 0 Å². The summed E-state index contributed by atoms with van der Waals surface area (Å²) < 4.78 is 23.2. The van der Waals surface area contributed by atoms with Crippen molar-refractivity contribution in [1.29, 1.82) is 0 Å². The number of ether oxygens (including phenoxy) is 1. The molecule has 1 atom stereocenters. The van der Waals surface area contributed by atoms with Gasteiger partial charge in [0.1, 0.15) is 12.1 Å². The van der Waals surface area contributed by atoms with Crippen LogP contribution < -0.4 is 0 Å². The molecule has 3 rings (SSSR count). The lowest BCUT2D eigenvalue weighted by molar-refractivity contribution is 0.0663.